The van der Waals surface area contributed by atoms with Crippen LogP contribution in [0.4, 0.5) is 9.52 Å². The van der Waals surface area contributed by atoms with E-state index in [1.165, 1.54) is 23.5 Å². The van der Waals surface area contributed by atoms with Crippen LogP contribution in [0.1, 0.15) is 24.2 Å². The fourth-order valence-corrected chi connectivity index (χ4v) is 4.28. The summed E-state index contributed by atoms with van der Waals surface area (Å²) >= 11 is 7.57. The molecule has 0 aliphatic rings. The van der Waals surface area contributed by atoms with Crippen molar-refractivity contribution in [3.8, 4) is 5.75 Å². The second kappa shape index (κ2) is 10.9. The Hall–Kier alpha value is -1.93. The highest BCUT2D eigenvalue weighted by molar-refractivity contribution is 7.22. The van der Waals surface area contributed by atoms with Gasteiger partial charge in [-0.05, 0) is 49.5 Å². The van der Waals surface area contributed by atoms with Gasteiger partial charge in [0, 0.05) is 13.1 Å². The maximum absolute atomic E-state index is 13.5. The van der Waals surface area contributed by atoms with Crippen molar-refractivity contribution in [2.75, 3.05) is 38.2 Å². The van der Waals surface area contributed by atoms with Crippen LogP contribution in [-0.4, -0.2) is 49.1 Å². The molecule has 2 aromatic carbocycles. The first-order valence-electron chi connectivity index (χ1n) is 9.40. The summed E-state index contributed by atoms with van der Waals surface area (Å²) in [5.74, 6) is -0.0446. The van der Waals surface area contributed by atoms with Crippen LogP contribution >= 0.6 is 35.3 Å². The molecule has 0 unspecified atom stereocenters. The number of benzene rings is 2. The zero-order valence-electron chi connectivity index (χ0n) is 17.0. The number of ether oxygens (including phenoxy) is 1. The number of carbonyl (C=O) groups excluding carboxylic acids is 1. The van der Waals surface area contributed by atoms with Crippen LogP contribution in [-0.2, 0) is 0 Å². The number of hydrogen-bond donors (Lipinski definition) is 0. The number of halogens is 3. The van der Waals surface area contributed by atoms with Gasteiger partial charge in [0.25, 0.3) is 5.91 Å². The maximum Gasteiger partial charge on any atom is 0.261 e. The summed E-state index contributed by atoms with van der Waals surface area (Å²) in [7, 11) is 1.61. The normalized spacial score (nSPS) is 10.9. The molecule has 0 fully saturated rings. The second-order valence-electron chi connectivity index (χ2n) is 6.44. The third-order valence-corrected chi connectivity index (χ3v) is 6.11. The van der Waals surface area contributed by atoms with Crippen LogP contribution in [0.3, 0.4) is 0 Å². The Morgan fingerprint density at radius 1 is 1.17 bits per heavy atom. The molecule has 0 atom stereocenters. The van der Waals surface area contributed by atoms with E-state index in [1.807, 2.05) is 18.2 Å². The van der Waals surface area contributed by atoms with Crippen LogP contribution in [0.5, 0.6) is 5.75 Å². The summed E-state index contributed by atoms with van der Waals surface area (Å²) < 4.78 is 19.7. The van der Waals surface area contributed by atoms with Gasteiger partial charge < -0.3 is 9.64 Å². The molecule has 0 saturated carbocycles. The lowest BCUT2D eigenvalue weighted by molar-refractivity contribution is 0.0984. The molecule has 1 amide bonds. The molecule has 0 bridgehead atoms. The van der Waals surface area contributed by atoms with Crippen LogP contribution < -0.4 is 9.64 Å². The number of nitrogens with zero attached hydrogens (tertiary/aromatic N) is 3. The molecule has 1 aromatic heterocycles. The van der Waals surface area contributed by atoms with Crippen LogP contribution in [0.25, 0.3) is 10.2 Å². The summed E-state index contributed by atoms with van der Waals surface area (Å²) in [5.41, 5.74) is 1.04. The van der Waals surface area contributed by atoms with Gasteiger partial charge in [0.15, 0.2) is 5.13 Å². The molecule has 0 radical (unpaired) electrons. The Morgan fingerprint density at radius 3 is 2.53 bits per heavy atom. The van der Waals surface area contributed by atoms with Crippen molar-refractivity contribution in [3.63, 3.8) is 0 Å². The van der Waals surface area contributed by atoms with E-state index in [4.69, 9.17) is 16.3 Å². The zero-order chi connectivity index (χ0) is 21.0. The summed E-state index contributed by atoms with van der Waals surface area (Å²) in [4.78, 5) is 21.8. The van der Waals surface area contributed by atoms with Gasteiger partial charge in [-0.1, -0.05) is 36.8 Å². The molecule has 1 heterocycles. The summed E-state index contributed by atoms with van der Waals surface area (Å²) in [6.45, 7) is 7.06. The summed E-state index contributed by atoms with van der Waals surface area (Å²) in [5, 5.41) is 0.663. The molecule has 162 valence electrons. The van der Waals surface area contributed by atoms with Gasteiger partial charge in [0.2, 0.25) is 0 Å². The third-order valence-electron chi connectivity index (χ3n) is 4.76. The Morgan fingerprint density at radius 2 is 1.90 bits per heavy atom. The van der Waals surface area contributed by atoms with Crippen LogP contribution in [0, 0.1) is 5.82 Å². The number of anilines is 1. The maximum atomic E-state index is 13.5. The van der Waals surface area contributed by atoms with Gasteiger partial charge in [-0.25, -0.2) is 9.37 Å². The molecule has 0 N–H and O–H groups in total. The molecule has 5 nitrogen and oxygen atoms in total. The average molecular weight is 472 g/mol. The third kappa shape index (κ3) is 5.40. The lowest BCUT2D eigenvalue weighted by atomic mass is 10.2. The Labute approximate surface area is 190 Å². The van der Waals surface area contributed by atoms with Gasteiger partial charge in [-0.2, -0.15) is 0 Å². The van der Waals surface area contributed by atoms with E-state index >= 15 is 0 Å². The quantitative estimate of drug-likeness (QED) is 0.434. The number of likely N-dealkylation sites (N-methyl/N-ethyl adjacent to an activating group) is 1. The number of fused-ring (bicyclic) bond motifs is 1. The number of rotatable bonds is 8. The summed E-state index contributed by atoms with van der Waals surface area (Å²) in [6, 6.07) is 9.41. The first-order valence-corrected chi connectivity index (χ1v) is 10.6. The zero-order valence-corrected chi connectivity index (χ0v) is 19.4. The van der Waals surface area contributed by atoms with Crippen molar-refractivity contribution in [3.05, 3.63) is 52.8 Å². The fourth-order valence-electron chi connectivity index (χ4n) is 3.01. The minimum Gasteiger partial charge on any atom is -0.497 e. The van der Waals surface area contributed by atoms with E-state index in [0.717, 1.165) is 35.1 Å². The highest BCUT2D eigenvalue weighted by atomic mass is 35.5. The van der Waals surface area contributed by atoms with E-state index in [1.54, 1.807) is 12.0 Å². The van der Waals surface area contributed by atoms with Crippen LogP contribution in [0.2, 0.25) is 5.02 Å². The Bertz CT molecular complexity index is 1010. The predicted octanol–water partition coefficient (Wildman–Crippen LogP) is 5.51. The molecule has 0 aliphatic heterocycles. The summed E-state index contributed by atoms with van der Waals surface area (Å²) in [6.07, 6.45) is 0. The first kappa shape index (κ1) is 24.3. The lowest BCUT2D eigenvalue weighted by Crippen LogP contribution is -2.39. The van der Waals surface area contributed by atoms with Gasteiger partial charge >= 0.3 is 0 Å². The van der Waals surface area contributed by atoms with Crippen molar-refractivity contribution in [1.29, 1.82) is 0 Å². The first-order chi connectivity index (χ1) is 14.0. The molecule has 9 heteroatoms. The Balaban J connectivity index is 0.00000320. The van der Waals surface area contributed by atoms with Crippen molar-refractivity contribution < 1.29 is 13.9 Å². The predicted molar refractivity (Wildman–Crippen MR) is 124 cm³/mol. The number of methoxy groups -OCH3 is 1. The molecular weight excluding hydrogens is 448 g/mol. The van der Waals surface area contributed by atoms with Crippen molar-refractivity contribution >= 4 is 56.6 Å². The average Bonchev–Trinajstić information content (AvgIpc) is 3.13. The molecule has 0 aliphatic carbocycles. The highest BCUT2D eigenvalue weighted by Crippen LogP contribution is 2.33. The van der Waals surface area contributed by atoms with Crippen molar-refractivity contribution in [2.24, 2.45) is 0 Å². The smallest absolute Gasteiger partial charge is 0.261 e. The van der Waals surface area contributed by atoms with Gasteiger partial charge in [0.1, 0.15) is 11.6 Å². The highest BCUT2D eigenvalue weighted by Gasteiger charge is 2.24. The molecule has 30 heavy (non-hydrogen) atoms. The van der Waals surface area contributed by atoms with Gasteiger partial charge in [-0.3, -0.25) is 9.69 Å². The molecule has 3 aromatic rings. The van der Waals surface area contributed by atoms with Crippen LogP contribution in [0.15, 0.2) is 36.4 Å². The number of thiazole rings is 1. The number of aromatic nitrogens is 1. The fraction of sp³-hybridized carbons (Fsp3) is 0.333. The monoisotopic (exact) mass is 471 g/mol. The SMILES string of the molecule is CCN(CC)CCN(C(=O)c1ccc(F)cc1Cl)c1nc2ccc(OC)cc2s1.Cl. The number of carbonyl (C=O) groups is 1. The minimum absolute atomic E-state index is 0. The van der Waals surface area contributed by atoms with Gasteiger partial charge in [-0.15, -0.1) is 12.4 Å². The largest absolute Gasteiger partial charge is 0.497 e. The van der Waals surface area contributed by atoms with Crippen molar-refractivity contribution in [1.82, 2.24) is 9.88 Å². The van der Waals surface area contributed by atoms with E-state index in [2.05, 4.69) is 23.7 Å². The molecular formula is C21H24Cl2FN3O2S. The minimum atomic E-state index is -0.478. The van der Waals surface area contributed by atoms with E-state index in [-0.39, 0.29) is 28.9 Å². The Kier molecular flexibility index (Phi) is 8.85. The topological polar surface area (TPSA) is 45.7 Å². The number of amides is 1. The number of hydrogen-bond acceptors (Lipinski definition) is 5. The standard InChI is InChI=1S/C21H23ClFN3O2S.ClH/c1-4-25(5-2)10-11-26(20(27)16-8-6-14(23)12-17(16)22)21-24-18-9-7-15(28-3)13-19(18)29-21;/h6-9,12-13H,4-5,10-11H2,1-3H3;1H. The molecule has 0 spiro atoms. The van der Waals surface area contributed by atoms with Crippen molar-refractivity contribution in [2.45, 2.75) is 13.8 Å². The van der Waals surface area contributed by atoms with E-state index in [0.29, 0.717) is 18.2 Å². The molecule has 3 rings (SSSR count). The van der Waals surface area contributed by atoms with E-state index in [9.17, 15) is 9.18 Å². The molecule has 0 saturated heterocycles. The lowest BCUT2D eigenvalue weighted by Gasteiger charge is -2.25. The van der Waals surface area contributed by atoms with Gasteiger partial charge in [0.05, 0.1) is 27.9 Å². The van der Waals surface area contributed by atoms with E-state index < -0.39 is 5.82 Å². The second-order valence-corrected chi connectivity index (χ2v) is 7.85.